The van der Waals surface area contributed by atoms with E-state index in [1.165, 1.54) is 19.9 Å². The lowest BCUT2D eigenvalue weighted by Crippen LogP contribution is -2.56. The summed E-state index contributed by atoms with van der Waals surface area (Å²) < 4.78 is 17.1. The zero-order chi connectivity index (χ0) is 31.0. The van der Waals surface area contributed by atoms with Gasteiger partial charge in [-0.1, -0.05) is 50.3 Å². The molecule has 0 aliphatic heterocycles. The number of hydrogen-bond donors (Lipinski definition) is 2. The Kier molecular flexibility index (Phi) is 8.94. The average Bonchev–Trinajstić information content (AvgIpc) is 2.90. The number of rotatable bonds is 5. The average molecular weight is 581 g/mol. The Hall–Kier alpha value is -3.56. The first-order chi connectivity index (χ1) is 19.6. The van der Waals surface area contributed by atoms with E-state index in [0.29, 0.717) is 16.7 Å². The second-order valence-electron chi connectivity index (χ2n) is 12.4. The van der Waals surface area contributed by atoms with Gasteiger partial charge in [-0.05, 0) is 60.5 Å². The molecule has 4 bridgehead atoms. The molecule has 226 valence electrons. The van der Waals surface area contributed by atoms with E-state index < -0.39 is 71.0 Å². The smallest absolute Gasteiger partial charge is 0.331 e. The van der Waals surface area contributed by atoms with Crippen LogP contribution in [0.1, 0.15) is 66.4 Å². The van der Waals surface area contributed by atoms with Crippen molar-refractivity contribution in [3.63, 3.8) is 0 Å². The molecule has 42 heavy (non-hydrogen) atoms. The number of benzene rings is 1. The van der Waals surface area contributed by atoms with Crippen LogP contribution in [-0.2, 0) is 33.4 Å². The van der Waals surface area contributed by atoms with Gasteiger partial charge in [-0.2, -0.15) is 0 Å². The molecule has 1 saturated carbocycles. The van der Waals surface area contributed by atoms with Gasteiger partial charge in [0.25, 0.3) is 0 Å². The largest absolute Gasteiger partial charge is 0.458 e. The van der Waals surface area contributed by atoms with E-state index in [0.717, 1.165) is 5.56 Å². The first-order valence-electron chi connectivity index (χ1n) is 14.3. The molecular formula is C33H40O9. The molecule has 0 saturated heterocycles. The predicted molar refractivity (Wildman–Crippen MR) is 153 cm³/mol. The van der Waals surface area contributed by atoms with Crippen molar-refractivity contribution in [3.8, 4) is 0 Å². The van der Waals surface area contributed by atoms with Gasteiger partial charge in [-0.15, -0.1) is 0 Å². The zero-order valence-corrected chi connectivity index (χ0v) is 25.0. The molecule has 1 fully saturated rings. The van der Waals surface area contributed by atoms with Crippen molar-refractivity contribution >= 4 is 29.8 Å². The Bertz CT molecular complexity index is 1340. The monoisotopic (exact) mass is 580 g/mol. The summed E-state index contributed by atoms with van der Waals surface area (Å²) in [5.74, 6) is -2.91. The highest BCUT2D eigenvalue weighted by atomic mass is 16.6. The molecular weight excluding hydrogens is 540 g/mol. The van der Waals surface area contributed by atoms with Crippen molar-refractivity contribution in [1.29, 1.82) is 0 Å². The zero-order valence-electron chi connectivity index (χ0n) is 25.0. The van der Waals surface area contributed by atoms with Crippen molar-refractivity contribution in [1.82, 2.24) is 0 Å². The number of ketones is 1. The van der Waals surface area contributed by atoms with Gasteiger partial charge in [-0.25, -0.2) is 4.79 Å². The summed E-state index contributed by atoms with van der Waals surface area (Å²) >= 11 is 0. The minimum absolute atomic E-state index is 0.0188. The number of aliphatic hydroxyl groups excluding tert-OH is 2. The SMILES string of the molecule is CC(=O)O[C@H]1C(=O)[C@@]2(C)CC(=C[C@H](O)[C@@H]3C[C@H](OC(C)=O)C(C)=C1C3(C)C)[C@@H](OC(=O)C=Cc1ccccc1)C[C@@H]2O. The highest BCUT2D eigenvalue weighted by Crippen LogP contribution is 2.53. The third kappa shape index (κ3) is 6.13. The number of aliphatic hydroxyl groups is 2. The molecule has 0 radical (unpaired) electrons. The fourth-order valence-corrected chi connectivity index (χ4v) is 6.79. The molecule has 1 aromatic carbocycles. The Morgan fingerprint density at radius 3 is 2.19 bits per heavy atom. The summed E-state index contributed by atoms with van der Waals surface area (Å²) in [7, 11) is 0. The van der Waals surface area contributed by atoms with E-state index in [9.17, 15) is 29.4 Å². The van der Waals surface area contributed by atoms with Crippen LogP contribution in [0.5, 0.6) is 0 Å². The van der Waals surface area contributed by atoms with E-state index in [1.807, 2.05) is 44.2 Å². The number of carbonyl (C=O) groups excluding carboxylic acids is 4. The molecule has 2 N–H and O–H groups in total. The molecule has 9 heteroatoms. The molecule has 9 nitrogen and oxygen atoms in total. The second kappa shape index (κ2) is 12.0. The maximum atomic E-state index is 14.4. The van der Waals surface area contributed by atoms with Gasteiger partial charge in [0, 0.05) is 32.3 Å². The van der Waals surface area contributed by atoms with Crippen LogP contribution >= 0.6 is 0 Å². The fraction of sp³-hybridized carbons (Fsp3) is 0.515. The quantitative estimate of drug-likeness (QED) is 0.230. The van der Waals surface area contributed by atoms with E-state index in [2.05, 4.69) is 0 Å². The number of esters is 3. The molecule has 1 aromatic rings. The normalized spacial score (nSPS) is 32.6. The van der Waals surface area contributed by atoms with Gasteiger partial charge in [-0.3, -0.25) is 14.4 Å². The summed E-state index contributed by atoms with van der Waals surface area (Å²) in [5.41, 5.74) is 0.00952. The van der Waals surface area contributed by atoms with Crippen LogP contribution in [0.25, 0.3) is 6.08 Å². The van der Waals surface area contributed by atoms with Gasteiger partial charge in [0.15, 0.2) is 11.9 Å². The Labute approximate surface area is 246 Å². The molecule has 0 spiro atoms. The van der Waals surface area contributed by atoms with E-state index in [1.54, 1.807) is 26.0 Å². The summed E-state index contributed by atoms with van der Waals surface area (Å²) in [6, 6.07) is 9.23. The maximum Gasteiger partial charge on any atom is 0.331 e. The minimum atomic E-state index is -1.43. The van der Waals surface area contributed by atoms with Crippen molar-refractivity contribution < 1.29 is 43.6 Å². The number of Topliss-reactive ketones (excluding diaryl/α,β-unsaturated/α-hetero) is 1. The third-order valence-electron chi connectivity index (χ3n) is 9.08. The highest BCUT2D eigenvalue weighted by molar-refractivity contribution is 5.94. The van der Waals surface area contributed by atoms with Crippen molar-refractivity contribution in [2.75, 3.05) is 0 Å². The van der Waals surface area contributed by atoms with E-state index in [4.69, 9.17) is 14.2 Å². The number of hydrogen-bond acceptors (Lipinski definition) is 9. The van der Waals surface area contributed by atoms with Gasteiger partial charge in [0.2, 0.25) is 0 Å². The van der Waals surface area contributed by atoms with Gasteiger partial charge in [0.1, 0.15) is 12.2 Å². The standard InChI is InChI=1S/C33H40O9/c1-18-25(40-19(2)34)15-23-24(36)14-22-17-33(6,31(39)30(41-20(3)35)29(18)32(23,4)5)27(37)16-26(22)42-28(38)13-12-21-10-8-7-9-11-21/h7-14,23-27,30,36-37H,15-17H2,1-6H3/t23-,24-,25-,26-,27-,30+,33-/m0/s1. The molecule has 0 unspecified atom stereocenters. The third-order valence-corrected chi connectivity index (χ3v) is 9.08. The lowest BCUT2D eigenvalue weighted by molar-refractivity contribution is -0.163. The lowest BCUT2D eigenvalue weighted by Gasteiger charge is -2.51. The van der Waals surface area contributed by atoms with Crippen LogP contribution < -0.4 is 0 Å². The number of fused-ring (bicyclic) bond motifs is 4. The molecule has 3 aliphatic carbocycles. The van der Waals surface area contributed by atoms with Crippen LogP contribution in [0, 0.1) is 16.7 Å². The topological polar surface area (TPSA) is 136 Å². The first kappa shape index (κ1) is 31.4. The van der Waals surface area contributed by atoms with Crippen molar-refractivity contribution in [2.45, 2.75) is 91.3 Å². The molecule has 0 heterocycles. The van der Waals surface area contributed by atoms with Gasteiger partial charge < -0.3 is 24.4 Å². The van der Waals surface area contributed by atoms with Crippen LogP contribution in [0.4, 0.5) is 0 Å². The molecule has 0 amide bonds. The first-order valence-corrected chi connectivity index (χ1v) is 14.3. The Morgan fingerprint density at radius 1 is 0.929 bits per heavy atom. The molecule has 4 rings (SSSR count). The van der Waals surface area contributed by atoms with E-state index >= 15 is 0 Å². The fourth-order valence-electron chi connectivity index (χ4n) is 6.79. The van der Waals surface area contributed by atoms with Crippen LogP contribution in [-0.4, -0.2) is 64.4 Å². The highest BCUT2D eigenvalue weighted by Gasteiger charge is 2.57. The van der Waals surface area contributed by atoms with Crippen LogP contribution in [0.3, 0.4) is 0 Å². The summed E-state index contributed by atoms with van der Waals surface area (Å²) in [6.07, 6.45) is -0.703. The van der Waals surface area contributed by atoms with Crippen LogP contribution in [0.15, 0.2) is 59.2 Å². The molecule has 0 aromatic heterocycles. The predicted octanol–water partition coefficient (Wildman–Crippen LogP) is 3.87. The number of ether oxygens (including phenoxy) is 3. The number of carbonyl (C=O) groups is 4. The summed E-state index contributed by atoms with van der Waals surface area (Å²) in [6.45, 7) is 9.53. The minimum Gasteiger partial charge on any atom is -0.458 e. The lowest BCUT2D eigenvalue weighted by atomic mass is 9.57. The Morgan fingerprint density at radius 2 is 1.57 bits per heavy atom. The van der Waals surface area contributed by atoms with Crippen molar-refractivity contribution in [3.05, 3.63) is 64.8 Å². The Balaban J connectivity index is 1.80. The maximum absolute atomic E-state index is 14.4. The summed E-state index contributed by atoms with van der Waals surface area (Å²) in [5, 5.41) is 23.1. The van der Waals surface area contributed by atoms with Crippen molar-refractivity contribution in [2.24, 2.45) is 16.7 Å². The summed E-state index contributed by atoms with van der Waals surface area (Å²) in [4.78, 5) is 51.6. The molecule has 7 atom stereocenters. The van der Waals surface area contributed by atoms with Gasteiger partial charge in [0.05, 0.1) is 17.6 Å². The second-order valence-corrected chi connectivity index (χ2v) is 12.4. The van der Waals surface area contributed by atoms with Crippen LogP contribution in [0.2, 0.25) is 0 Å². The molecule has 3 aliphatic rings. The van der Waals surface area contributed by atoms with Gasteiger partial charge >= 0.3 is 17.9 Å². The van der Waals surface area contributed by atoms with E-state index in [-0.39, 0.29) is 19.3 Å².